The highest BCUT2D eigenvalue weighted by Gasteiger charge is 2.09. The zero-order valence-corrected chi connectivity index (χ0v) is 16.7. The molecule has 2 N–H and O–H groups in total. The molecule has 0 amide bonds. The first-order valence-electron chi connectivity index (χ1n) is 9.58. The largest absolute Gasteiger partial charge is 0.384 e. The van der Waals surface area contributed by atoms with Gasteiger partial charge in [0.05, 0.1) is 6.54 Å². The molecule has 0 aliphatic carbocycles. The average molecular weight is 384 g/mol. The molecule has 4 aromatic rings. The maximum absolute atomic E-state index is 13.1. The molecule has 0 bridgehead atoms. The Morgan fingerprint density at radius 2 is 1.72 bits per heavy atom. The first-order valence-corrected chi connectivity index (χ1v) is 9.58. The molecule has 0 fully saturated rings. The van der Waals surface area contributed by atoms with Crippen LogP contribution in [0.25, 0.3) is 21.9 Å². The Kier molecular flexibility index (Phi) is 5.14. The number of benzene rings is 2. The van der Waals surface area contributed by atoms with Crippen LogP contribution in [0.15, 0.2) is 77.9 Å². The number of nitrogen functional groups attached to an aromatic ring is 1. The molecule has 5 heteroatoms. The van der Waals surface area contributed by atoms with E-state index in [2.05, 4.69) is 22.0 Å². The molecule has 4 rings (SSSR count). The lowest BCUT2D eigenvalue weighted by atomic mass is 10.0. The van der Waals surface area contributed by atoms with Crippen molar-refractivity contribution in [1.29, 1.82) is 0 Å². The van der Waals surface area contributed by atoms with Crippen LogP contribution in [0.1, 0.15) is 11.1 Å². The molecule has 0 atom stereocenters. The van der Waals surface area contributed by atoms with Gasteiger partial charge in [-0.3, -0.25) is 4.79 Å². The number of fused-ring (bicyclic) bond motifs is 1. The van der Waals surface area contributed by atoms with Crippen molar-refractivity contribution in [1.82, 2.24) is 14.5 Å². The van der Waals surface area contributed by atoms with Gasteiger partial charge >= 0.3 is 0 Å². The van der Waals surface area contributed by atoms with E-state index in [-0.39, 0.29) is 5.56 Å². The highest BCUT2D eigenvalue weighted by Crippen LogP contribution is 2.24. The number of anilines is 1. The Morgan fingerprint density at radius 1 is 0.966 bits per heavy atom. The summed E-state index contributed by atoms with van der Waals surface area (Å²) >= 11 is 0. The standard InChI is InChI=1S/C24H24N4O/c1-27(2)15-20-5-3-4-6-21(20)16-28-12-10-19-13-17(7-8-22(19)24(28)29)18-9-11-26-23(25)14-18/h3-14H,15-16H2,1-2H3,(H2,25,26). The van der Waals surface area contributed by atoms with Crippen molar-refractivity contribution in [3.05, 3.63) is 94.5 Å². The second kappa shape index (κ2) is 7.89. The van der Waals surface area contributed by atoms with Crippen molar-refractivity contribution in [2.75, 3.05) is 19.8 Å². The van der Waals surface area contributed by atoms with Gasteiger partial charge in [0, 0.05) is 24.3 Å². The van der Waals surface area contributed by atoms with Crippen molar-refractivity contribution >= 4 is 16.6 Å². The molecule has 2 heterocycles. The van der Waals surface area contributed by atoms with E-state index in [4.69, 9.17) is 5.73 Å². The van der Waals surface area contributed by atoms with Crippen LogP contribution in [-0.2, 0) is 13.1 Å². The molecule has 0 unspecified atom stereocenters. The first-order chi connectivity index (χ1) is 14.0. The van der Waals surface area contributed by atoms with E-state index in [9.17, 15) is 4.79 Å². The normalized spacial score (nSPS) is 11.3. The van der Waals surface area contributed by atoms with E-state index >= 15 is 0 Å². The second-order valence-corrected chi connectivity index (χ2v) is 7.53. The zero-order valence-electron chi connectivity index (χ0n) is 16.7. The first kappa shape index (κ1) is 18.9. The molecular formula is C24H24N4O. The number of hydrogen-bond donors (Lipinski definition) is 1. The Balaban J connectivity index is 1.71. The smallest absolute Gasteiger partial charge is 0.258 e. The minimum atomic E-state index is 0.0166. The molecule has 2 aromatic heterocycles. The van der Waals surface area contributed by atoms with Gasteiger partial charge in [0.1, 0.15) is 5.82 Å². The molecule has 5 nitrogen and oxygen atoms in total. The summed E-state index contributed by atoms with van der Waals surface area (Å²) in [5, 5.41) is 1.63. The quantitative estimate of drug-likeness (QED) is 0.569. The van der Waals surface area contributed by atoms with Gasteiger partial charge in [0.25, 0.3) is 5.56 Å². The highest BCUT2D eigenvalue weighted by atomic mass is 16.1. The zero-order chi connectivity index (χ0) is 20.4. The summed E-state index contributed by atoms with van der Waals surface area (Å²) in [7, 11) is 4.10. The molecule has 0 aliphatic rings. The summed E-state index contributed by atoms with van der Waals surface area (Å²) in [6.07, 6.45) is 3.57. The summed E-state index contributed by atoms with van der Waals surface area (Å²) in [4.78, 5) is 19.3. The van der Waals surface area contributed by atoms with Crippen molar-refractivity contribution in [3.63, 3.8) is 0 Å². The van der Waals surface area contributed by atoms with E-state index in [0.717, 1.165) is 28.6 Å². The van der Waals surface area contributed by atoms with Gasteiger partial charge in [-0.25, -0.2) is 4.98 Å². The maximum Gasteiger partial charge on any atom is 0.258 e. The fraction of sp³-hybridized carbons (Fsp3) is 0.167. The lowest BCUT2D eigenvalue weighted by Gasteiger charge is -2.15. The fourth-order valence-electron chi connectivity index (χ4n) is 3.61. The van der Waals surface area contributed by atoms with Crippen LogP contribution in [0.4, 0.5) is 5.82 Å². The summed E-state index contributed by atoms with van der Waals surface area (Å²) in [5.41, 5.74) is 10.2. The predicted molar refractivity (Wildman–Crippen MR) is 119 cm³/mol. The monoisotopic (exact) mass is 384 g/mol. The Hall–Kier alpha value is -3.44. The predicted octanol–water partition coefficient (Wildman–Crippen LogP) is 3.76. The van der Waals surface area contributed by atoms with Crippen LogP contribution in [0.2, 0.25) is 0 Å². The highest BCUT2D eigenvalue weighted by molar-refractivity contribution is 5.86. The number of aromatic nitrogens is 2. The van der Waals surface area contributed by atoms with Gasteiger partial charge in [0.15, 0.2) is 0 Å². The molecular weight excluding hydrogens is 360 g/mol. The lowest BCUT2D eigenvalue weighted by molar-refractivity contribution is 0.400. The maximum atomic E-state index is 13.1. The van der Waals surface area contributed by atoms with Gasteiger partial charge in [-0.05, 0) is 72.1 Å². The third-order valence-corrected chi connectivity index (χ3v) is 5.04. The van der Waals surface area contributed by atoms with Crippen molar-refractivity contribution in [2.45, 2.75) is 13.1 Å². The number of hydrogen-bond acceptors (Lipinski definition) is 4. The van der Waals surface area contributed by atoms with Gasteiger partial charge in [-0.15, -0.1) is 0 Å². The summed E-state index contributed by atoms with van der Waals surface area (Å²) in [5.74, 6) is 0.481. The van der Waals surface area contributed by atoms with E-state index in [1.54, 1.807) is 10.8 Å². The van der Waals surface area contributed by atoms with Crippen molar-refractivity contribution < 1.29 is 0 Å². The number of nitrogens with two attached hydrogens (primary N) is 1. The lowest BCUT2D eigenvalue weighted by Crippen LogP contribution is -2.21. The molecule has 0 radical (unpaired) electrons. The van der Waals surface area contributed by atoms with Crippen LogP contribution >= 0.6 is 0 Å². The summed E-state index contributed by atoms with van der Waals surface area (Å²) in [6, 6.07) is 19.9. The summed E-state index contributed by atoms with van der Waals surface area (Å²) in [6.45, 7) is 1.40. The van der Waals surface area contributed by atoms with Crippen LogP contribution in [0.3, 0.4) is 0 Å². The molecule has 0 spiro atoms. The van der Waals surface area contributed by atoms with E-state index in [0.29, 0.717) is 17.7 Å². The van der Waals surface area contributed by atoms with Crippen LogP contribution in [-0.4, -0.2) is 28.5 Å². The molecule has 0 aliphatic heterocycles. The van der Waals surface area contributed by atoms with Crippen LogP contribution in [0.5, 0.6) is 0 Å². The minimum Gasteiger partial charge on any atom is -0.384 e. The number of nitrogens with zero attached hydrogens (tertiary/aromatic N) is 3. The van der Waals surface area contributed by atoms with Gasteiger partial charge in [-0.2, -0.15) is 0 Å². The van der Waals surface area contributed by atoms with Crippen molar-refractivity contribution in [2.24, 2.45) is 0 Å². The SMILES string of the molecule is CN(C)Cc1ccccc1Cn1ccc2cc(-c3ccnc(N)c3)ccc2c1=O. The Labute approximate surface area is 170 Å². The molecule has 29 heavy (non-hydrogen) atoms. The van der Waals surface area contributed by atoms with Crippen LogP contribution < -0.4 is 11.3 Å². The second-order valence-electron chi connectivity index (χ2n) is 7.53. The molecule has 0 saturated carbocycles. The van der Waals surface area contributed by atoms with E-state index < -0.39 is 0 Å². The van der Waals surface area contributed by atoms with Gasteiger partial charge in [0.2, 0.25) is 0 Å². The average Bonchev–Trinajstić information content (AvgIpc) is 2.71. The number of rotatable bonds is 5. The molecule has 0 saturated heterocycles. The Bertz CT molecular complexity index is 1230. The third kappa shape index (κ3) is 4.05. The van der Waals surface area contributed by atoms with Crippen molar-refractivity contribution in [3.8, 4) is 11.1 Å². The number of pyridine rings is 2. The Morgan fingerprint density at radius 3 is 2.48 bits per heavy atom. The minimum absolute atomic E-state index is 0.0166. The van der Waals surface area contributed by atoms with E-state index in [1.165, 1.54) is 5.56 Å². The third-order valence-electron chi connectivity index (χ3n) is 5.04. The molecule has 146 valence electrons. The topological polar surface area (TPSA) is 64.2 Å². The molecule has 2 aromatic carbocycles. The summed E-state index contributed by atoms with van der Waals surface area (Å²) < 4.78 is 1.78. The van der Waals surface area contributed by atoms with Gasteiger partial charge < -0.3 is 15.2 Å². The van der Waals surface area contributed by atoms with Crippen LogP contribution in [0, 0.1) is 0 Å². The van der Waals surface area contributed by atoms with Gasteiger partial charge in [-0.1, -0.05) is 30.3 Å². The van der Waals surface area contributed by atoms with E-state index in [1.807, 2.05) is 68.8 Å². The fourth-order valence-corrected chi connectivity index (χ4v) is 3.61.